The smallest absolute Gasteiger partial charge is 0.324 e. The van der Waals surface area contributed by atoms with Crippen LogP contribution in [0.4, 0.5) is 0 Å². The number of nitrogens with zero attached hydrogens (tertiary/aromatic N) is 4. The van der Waals surface area contributed by atoms with Crippen molar-refractivity contribution in [3.05, 3.63) is 0 Å². The summed E-state index contributed by atoms with van der Waals surface area (Å²) in [5.41, 5.74) is -0.686. The van der Waals surface area contributed by atoms with Crippen molar-refractivity contribution in [1.29, 1.82) is 0 Å². The largest absolute Gasteiger partial charge is 0.465 e. The summed E-state index contributed by atoms with van der Waals surface area (Å²) in [5, 5.41) is 47.2. The van der Waals surface area contributed by atoms with Gasteiger partial charge in [-0.1, -0.05) is 36.6 Å². The van der Waals surface area contributed by atoms with Gasteiger partial charge in [-0.15, -0.1) is 0 Å². The monoisotopic (exact) mass is 522 g/mol. The van der Waals surface area contributed by atoms with E-state index in [1.807, 2.05) is 0 Å². The van der Waals surface area contributed by atoms with Crippen molar-refractivity contribution in [2.24, 2.45) is 26.0 Å². The predicted molar refractivity (Wildman–Crippen MR) is 120 cm³/mol. The third-order valence-corrected chi connectivity index (χ3v) is 5.75. The van der Waals surface area contributed by atoms with Crippen LogP contribution in [-0.2, 0) is 19.1 Å². The summed E-state index contributed by atoms with van der Waals surface area (Å²) in [6.45, 7) is 4.51. The lowest BCUT2D eigenvalue weighted by Crippen LogP contribution is -2.41. The number of ether oxygens (including phenoxy) is 2. The van der Waals surface area contributed by atoms with E-state index in [0.717, 1.165) is 0 Å². The van der Waals surface area contributed by atoms with E-state index >= 15 is 0 Å². The maximum absolute atomic E-state index is 12.4. The molecule has 182 valence electrons. The quantitative estimate of drug-likeness (QED) is 0.0480. The first-order valence-corrected chi connectivity index (χ1v) is 11.0. The fraction of sp³-hybridized carbons (Fsp3) is 0.684. The van der Waals surface area contributed by atoms with Crippen LogP contribution >= 0.6 is 15.9 Å². The number of unbranched alkanes of at least 4 members (excludes halogenated alkanes) is 2. The number of oxime groups is 4. The first-order chi connectivity index (χ1) is 15.2. The topological polar surface area (TPSA) is 183 Å². The number of carbonyl (C=O) groups is 2. The molecule has 0 aliphatic carbocycles. The maximum Gasteiger partial charge on any atom is 0.324 e. The average Bonchev–Trinajstić information content (AvgIpc) is 2.81. The van der Waals surface area contributed by atoms with E-state index in [-0.39, 0.29) is 41.4 Å². The standard InChI is InChI=1S/C19H31BrN4O8/c1-13(21-27)15(23-29)8-4-6-10-31-17(25)19(3,12-20)18(26)32-11-7-5-9-16(24-30)14(2)22-28/h27-30H,4-12H2,1-3H3/b21-13+,22-14+,23-15+,24-16+. The molecule has 0 saturated carbocycles. The molecule has 0 fully saturated rings. The van der Waals surface area contributed by atoms with E-state index in [0.29, 0.717) is 38.5 Å². The molecule has 0 aliphatic heterocycles. The molecule has 12 nitrogen and oxygen atoms in total. The van der Waals surface area contributed by atoms with Crippen molar-refractivity contribution in [3.63, 3.8) is 0 Å². The van der Waals surface area contributed by atoms with Crippen molar-refractivity contribution in [2.75, 3.05) is 18.5 Å². The van der Waals surface area contributed by atoms with Crippen LogP contribution in [0.3, 0.4) is 0 Å². The van der Waals surface area contributed by atoms with E-state index in [4.69, 9.17) is 30.3 Å². The van der Waals surface area contributed by atoms with Crippen LogP contribution in [0.15, 0.2) is 20.6 Å². The maximum atomic E-state index is 12.4. The van der Waals surface area contributed by atoms with Crippen LogP contribution in [0.2, 0.25) is 0 Å². The van der Waals surface area contributed by atoms with Crippen LogP contribution in [-0.4, -0.2) is 74.2 Å². The Morgan fingerprint density at radius 2 is 1.12 bits per heavy atom. The molecule has 0 radical (unpaired) electrons. The van der Waals surface area contributed by atoms with Crippen LogP contribution in [0, 0.1) is 5.41 Å². The highest BCUT2D eigenvalue weighted by atomic mass is 79.9. The van der Waals surface area contributed by atoms with Gasteiger partial charge in [0.25, 0.3) is 0 Å². The zero-order valence-electron chi connectivity index (χ0n) is 18.5. The van der Waals surface area contributed by atoms with Crippen LogP contribution in [0.1, 0.15) is 59.3 Å². The number of hydrogen-bond donors (Lipinski definition) is 4. The lowest BCUT2D eigenvalue weighted by molar-refractivity contribution is -0.169. The molecule has 0 unspecified atom stereocenters. The van der Waals surface area contributed by atoms with Gasteiger partial charge < -0.3 is 30.3 Å². The molecule has 32 heavy (non-hydrogen) atoms. The van der Waals surface area contributed by atoms with E-state index in [2.05, 4.69) is 36.6 Å². The Morgan fingerprint density at radius 1 is 0.750 bits per heavy atom. The Labute approximate surface area is 194 Å². The zero-order chi connectivity index (χ0) is 24.6. The number of hydrogen-bond acceptors (Lipinski definition) is 12. The number of alkyl halides is 1. The molecule has 0 rings (SSSR count). The Hall–Kier alpha value is -2.70. The molecular formula is C19H31BrN4O8. The normalized spacial score (nSPS) is 15.2. The fourth-order valence-electron chi connectivity index (χ4n) is 2.35. The fourth-order valence-corrected chi connectivity index (χ4v) is 2.81. The molecule has 0 aromatic heterocycles. The number of rotatable bonds is 15. The van der Waals surface area contributed by atoms with Crippen LogP contribution < -0.4 is 0 Å². The van der Waals surface area contributed by atoms with Gasteiger partial charge in [-0.05, 0) is 59.3 Å². The summed E-state index contributed by atoms with van der Waals surface area (Å²) in [4.78, 5) is 24.8. The number of carbonyl (C=O) groups excluding carboxylic acids is 2. The summed E-state index contributed by atoms with van der Waals surface area (Å²) in [7, 11) is 0. The Morgan fingerprint density at radius 3 is 1.41 bits per heavy atom. The van der Waals surface area contributed by atoms with E-state index < -0.39 is 17.4 Å². The lowest BCUT2D eigenvalue weighted by atomic mass is 9.94. The molecule has 0 aliphatic rings. The van der Waals surface area contributed by atoms with Crippen molar-refractivity contribution < 1.29 is 39.9 Å². The second-order valence-corrected chi connectivity index (χ2v) is 7.68. The SMILES string of the molecule is CC(=N\O)/C(CCCCOC(=O)C(C)(CBr)C(=O)OCCCCC(=N\O)/C(C)=N/O)=N/O. The van der Waals surface area contributed by atoms with Gasteiger partial charge in [0.1, 0.15) is 22.8 Å². The molecule has 0 aromatic carbocycles. The zero-order valence-corrected chi connectivity index (χ0v) is 20.0. The third-order valence-electron chi connectivity index (χ3n) is 4.63. The van der Waals surface area contributed by atoms with Crippen LogP contribution in [0.25, 0.3) is 0 Å². The minimum Gasteiger partial charge on any atom is -0.465 e. The molecule has 0 heterocycles. The highest BCUT2D eigenvalue weighted by Crippen LogP contribution is 2.24. The first-order valence-electron chi connectivity index (χ1n) is 9.92. The second kappa shape index (κ2) is 16.0. The highest BCUT2D eigenvalue weighted by Gasteiger charge is 2.43. The van der Waals surface area contributed by atoms with Crippen molar-refractivity contribution in [1.82, 2.24) is 0 Å². The molecule has 0 amide bonds. The molecule has 13 heteroatoms. The van der Waals surface area contributed by atoms with E-state index in [9.17, 15) is 9.59 Å². The van der Waals surface area contributed by atoms with Crippen LogP contribution in [0.5, 0.6) is 0 Å². The van der Waals surface area contributed by atoms with Gasteiger partial charge in [0.15, 0.2) is 5.41 Å². The summed E-state index contributed by atoms with van der Waals surface area (Å²) in [6, 6.07) is 0. The van der Waals surface area contributed by atoms with E-state index in [1.54, 1.807) is 0 Å². The minimum absolute atomic E-state index is 0.0125. The van der Waals surface area contributed by atoms with Gasteiger partial charge in [-0.3, -0.25) is 9.59 Å². The van der Waals surface area contributed by atoms with E-state index in [1.165, 1.54) is 20.8 Å². The number of halogens is 1. The van der Waals surface area contributed by atoms with Gasteiger partial charge in [0.2, 0.25) is 0 Å². The first kappa shape index (κ1) is 29.3. The lowest BCUT2D eigenvalue weighted by Gasteiger charge is -2.23. The van der Waals surface area contributed by atoms with Gasteiger partial charge in [0.05, 0.1) is 13.2 Å². The Balaban J connectivity index is 4.44. The molecule has 0 saturated heterocycles. The van der Waals surface area contributed by atoms with Crippen molar-refractivity contribution in [2.45, 2.75) is 59.3 Å². The van der Waals surface area contributed by atoms with Crippen molar-refractivity contribution >= 4 is 50.7 Å². The Bertz CT molecular complexity index is 681. The average molecular weight is 523 g/mol. The molecule has 0 aromatic rings. The van der Waals surface area contributed by atoms with Gasteiger partial charge in [-0.2, -0.15) is 0 Å². The summed E-state index contributed by atoms with van der Waals surface area (Å²) in [5.74, 6) is -1.46. The second-order valence-electron chi connectivity index (χ2n) is 7.12. The van der Waals surface area contributed by atoms with Gasteiger partial charge >= 0.3 is 11.9 Å². The predicted octanol–water partition coefficient (Wildman–Crippen LogP) is 3.18. The summed E-state index contributed by atoms with van der Waals surface area (Å²) in [6.07, 6.45) is 2.57. The Kier molecular flexibility index (Phi) is 14.7. The molecule has 0 atom stereocenters. The van der Waals surface area contributed by atoms with Crippen molar-refractivity contribution in [3.8, 4) is 0 Å². The molecule has 0 spiro atoms. The number of esters is 2. The molecular weight excluding hydrogens is 492 g/mol. The van der Waals surface area contributed by atoms with Gasteiger partial charge in [-0.25, -0.2) is 0 Å². The summed E-state index contributed by atoms with van der Waals surface area (Å²) >= 11 is 3.16. The van der Waals surface area contributed by atoms with Gasteiger partial charge in [0, 0.05) is 5.33 Å². The third kappa shape index (κ3) is 9.62. The minimum atomic E-state index is -1.52. The molecule has 4 N–H and O–H groups in total. The molecule has 0 bridgehead atoms. The summed E-state index contributed by atoms with van der Waals surface area (Å²) < 4.78 is 10.4. The highest BCUT2D eigenvalue weighted by molar-refractivity contribution is 9.09.